The largest absolute Gasteiger partial charge is 0.344 e. The predicted molar refractivity (Wildman–Crippen MR) is 101 cm³/mol. The highest BCUT2D eigenvalue weighted by Crippen LogP contribution is 2.19. The summed E-state index contributed by atoms with van der Waals surface area (Å²) >= 11 is 0. The van der Waals surface area contributed by atoms with Gasteiger partial charge in [-0.25, -0.2) is 14.6 Å². The third-order valence-electron chi connectivity index (χ3n) is 4.31. The molecule has 0 saturated carbocycles. The van der Waals surface area contributed by atoms with Gasteiger partial charge in [-0.15, -0.1) is 5.10 Å². The second-order valence-corrected chi connectivity index (χ2v) is 6.49. The van der Waals surface area contributed by atoms with E-state index < -0.39 is 0 Å². The second-order valence-electron chi connectivity index (χ2n) is 6.49. The Morgan fingerprint density at radius 1 is 1.15 bits per heavy atom. The van der Waals surface area contributed by atoms with Gasteiger partial charge in [0.15, 0.2) is 5.65 Å². The van der Waals surface area contributed by atoms with Crippen molar-refractivity contribution in [2.24, 2.45) is 11.7 Å². The van der Waals surface area contributed by atoms with Crippen molar-refractivity contribution in [3.05, 3.63) is 54.0 Å². The van der Waals surface area contributed by atoms with Crippen LogP contribution in [0.3, 0.4) is 0 Å². The SMILES string of the molecule is CC(C)C(N)c1cnc2nnn(Cc3ccc4ncccc4c3)c2n1.N. The molecule has 3 aromatic heterocycles. The van der Waals surface area contributed by atoms with Gasteiger partial charge in [-0.2, -0.15) is 0 Å². The molecule has 1 unspecified atom stereocenters. The summed E-state index contributed by atoms with van der Waals surface area (Å²) in [6.45, 7) is 4.70. The number of aromatic nitrogens is 6. The fourth-order valence-electron chi connectivity index (χ4n) is 2.77. The normalized spacial score (nSPS) is 12.5. The van der Waals surface area contributed by atoms with Gasteiger partial charge >= 0.3 is 0 Å². The molecule has 134 valence electrons. The molecule has 0 saturated heterocycles. The van der Waals surface area contributed by atoms with Crippen LogP contribution in [0, 0.1) is 5.92 Å². The maximum absolute atomic E-state index is 6.20. The molecule has 0 aliphatic carbocycles. The summed E-state index contributed by atoms with van der Waals surface area (Å²) in [5.41, 5.74) is 10.2. The zero-order valence-corrected chi connectivity index (χ0v) is 14.9. The highest BCUT2D eigenvalue weighted by Gasteiger charge is 2.16. The number of rotatable bonds is 4. The van der Waals surface area contributed by atoms with Crippen LogP contribution in [-0.2, 0) is 6.54 Å². The van der Waals surface area contributed by atoms with Crippen LogP contribution in [0.25, 0.3) is 22.2 Å². The van der Waals surface area contributed by atoms with Gasteiger partial charge in [0.25, 0.3) is 0 Å². The highest BCUT2D eigenvalue weighted by molar-refractivity contribution is 5.79. The molecule has 8 nitrogen and oxygen atoms in total. The van der Waals surface area contributed by atoms with Gasteiger partial charge in [0.2, 0.25) is 5.65 Å². The monoisotopic (exact) mass is 350 g/mol. The molecule has 0 spiro atoms. The number of benzene rings is 1. The maximum atomic E-state index is 6.20. The van der Waals surface area contributed by atoms with Crippen molar-refractivity contribution in [2.45, 2.75) is 26.4 Å². The van der Waals surface area contributed by atoms with E-state index in [-0.39, 0.29) is 18.1 Å². The molecule has 4 aromatic rings. The summed E-state index contributed by atoms with van der Waals surface area (Å²) in [6.07, 6.45) is 3.48. The molecule has 0 bridgehead atoms. The van der Waals surface area contributed by atoms with Crippen LogP contribution >= 0.6 is 0 Å². The first-order chi connectivity index (χ1) is 12.1. The zero-order chi connectivity index (χ0) is 17.4. The summed E-state index contributed by atoms with van der Waals surface area (Å²) in [4.78, 5) is 13.3. The van der Waals surface area contributed by atoms with E-state index in [1.807, 2.05) is 24.3 Å². The molecule has 0 fully saturated rings. The van der Waals surface area contributed by atoms with Crippen LogP contribution in [0.4, 0.5) is 0 Å². The van der Waals surface area contributed by atoms with Crippen molar-refractivity contribution in [1.29, 1.82) is 0 Å². The van der Waals surface area contributed by atoms with E-state index in [4.69, 9.17) is 5.73 Å². The summed E-state index contributed by atoms with van der Waals surface area (Å²) in [5, 5.41) is 9.41. The molecule has 1 aromatic carbocycles. The predicted octanol–water partition coefficient (Wildman–Crippen LogP) is 2.64. The molecule has 0 aliphatic rings. The fraction of sp³-hybridized carbons (Fsp3) is 0.278. The van der Waals surface area contributed by atoms with Gasteiger partial charge in [-0.3, -0.25) is 4.98 Å². The standard InChI is InChI=1S/C18H19N7.H3N/c1-11(2)16(19)15-9-21-17-18(22-15)25(24-23-17)10-12-5-6-14-13(8-12)4-3-7-20-14;/h3-9,11,16H,10,19H2,1-2H3;1H3. The van der Waals surface area contributed by atoms with E-state index in [0.29, 0.717) is 17.8 Å². The lowest BCUT2D eigenvalue weighted by molar-refractivity contribution is 0.502. The minimum atomic E-state index is -0.160. The van der Waals surface area contributed by atoms with E-state index in [1.54, 1.807) is 17.1 Å². The fourth-order valence-corrected chi connectivity index (χ4v) is 2.77. The van der Waals surface area contributed by atoms with Gasteiger partial charge in [0, 0.05) is 11.6 Å². The van der Waals surface area contributed by atoms with E-state index in [1.165, 1.54) is 0 Å². The first kappa shape index (κ1) is 17.8. The first-order valence-electron chi connectivity index (χ1n) is 8.27. The summed E-state index contributed by atoms with van der Waals surface area (Å²) in [7, 11) is 0. The molecule has 0 radical (unpaired) electrons. The molecular formula is C18H22N8. The van der Waals surface area contributed by atoms with E-state index in [9.17, 15) is 0 Å². The summed E-state index contributed by atoms with van der Waals surface area (Å²) < 4.78 is 1.76. The average Bonchev–Trinajstić information content (AvgIpc) is 3.03. The van der Waals surface area contributed by atoms with Gasteiger partial charge in [-0.1, -0.05) is 31.2 Å². The molecule has 3 heterocycles. The van der Waals surface area contributed by atoms with Gasteiger partial charge in [0.05, 0.1) is 30.0 Å². The van der Waals surface area contributed by atoms with Crippen molar-refractivity contribution in [2.75, 3.05) is 0 Å². The van der Waals surface area contributed by atoms with Crippen molar-refractivity contribution < 1.29 is 0 Å². The number of nitrogens with two attached hydrogens (primary N) is 1. The Morgan fingerprint density at radius 3 is 2.81 bits per heavy atom. The molecule has 26 heavy (non-hydrogen) atoms. The van der Waals surface area contributed by atoms with Crippen LogP contribution in [0.2, 0.25) is 0 Å². The number of pyridine rings is 1. The average molecular weight is 350 g/mol. The minimum Gasteiger partial charge on any atom is -0.344 e. The van der Waals surface area contributed by atoms with E-state index >= 15 is 0 Å². The van der Waals surface area contributed by atoms with Gasteiger partial charge in [0.1, 0.15) is 0 Å². The number of nitrogens with zero attached hydrogens (tertiary/aromatic N) is 6. The molecule has 4 rings (SSSR count). The maximum Gasteiger partial charge on any atom is 0.221 e. The number of fused-ring (bicyclic) bond motifs is 2. The number of hydrogen-bond acceptors (Lipinski definition) is 7. The minimum absolute atomic E-state index is 0. The molecule has 0 amide bonds. The van der Waals surface area contributed by atoms with E-state index in [0.717, 1.165) is 22.2 Å². The topological polar surface area (TPSA) is 130 Å². The molecule has 5 N–H and O–H groups in total. The Morgan fingerprint density at radius 2 is 2.00 bits per heavy atom. The first-order valence-corrected chi connectivity index (χ1v) is 8.27. The van der Waals surface area contributed by atoms with Gasteiger partial charge < -0.3 is 11.9 Å². The Kier molecular flexibility index (Phi) is 4.88. The lowest BCUT2D eigenvalue weighted by Gasteiger charge is -2.14. The quantitative estimate of drug-likeness (QED) is 0.578. The Bertz CT molecular complexity index is 1040. The molecular weight excluding hydrogens is 328 g/mol. The molecule has 0 aliphatic heterocycles. The van der Waals surface area contributed by atoms with Crippen LogP contribution < -0.4 is 11.9 Å². The Balaban J connectivity index is 0.00000196. The van der Waals surface area contributed by atoms with Crippen molar-refractivity contribution in [1.82, 2.24) is 36.1 Å². The van der Waals surface area contributed by atoms with Crippen molar-refractivity contribution >= 4 is 22.2 Å². The Labute approximate surface area is 151 Å². The lowest BCUT2D eigenvalue weighted by Crippen LogP contribution is -2.18. The third-order valence-corrected chi connectivity index (χ3v) is 4.31. The number of hydrogen-bond donors (Lipinski definition) is 2. The van der Waals surface area contributed by atoms with E-state index in [2.05, 4.69) is 45.2 Å². The summed E-state index contributed by atoms with van der Waals surface area (Å²) in [5.74, 6) is 0.282. The van der Waals surface area contributed by atoms with Crippen molar-refractivity contribution in [3.8, 4) is 0 Å². The highest BCUT2D eigenvalue weighted by atomic mass is 15.4. The van der Waals surface area contributed by atoms with Crippen LogP contribution in [0.1, 0.15) is 31.1 Å². The molecule has 1 atom stereocenters. The lowest BCUT2D eigenvalue weighted by atomic mass is 10.0. The van der Waals surface area contributed by atoms with Crippen LogP contribution in [-0.4, -0.2) is 29.9 Å². The smallest absolute Gasteiger partial charge is 0.221 e. The second kappa shape index (κ2) is 7.11. The summed E-state index contributed by atoms with van der Waals surface area (Å²) in [6, 6.07) is 9.97. The zero-order valence-electron chi connectivity index (χ0n) is 14.9. The van der Waals surface area contributed by atoms with Crippen LogP contribution in [0.15, 0.2) is 42.7 Å². The third kappa shape index (κ3) is 3.24. The van der Waals surface area contributed by atoms with Crippen LogP contribution in [0.5, 0.6) is 0 Å². The molecule has 8 heteroatoms. The Hall–Kier alpha value is -2.97. The van der Waals surface area contributed by atoms with Crippen molar-refractivity contribution in [3.63, 3.8) is 0 Å². The van der Waals surface area contributed by atoms with Gasteiger partial charge in [-0.05, 0) is 29.7 Å².